The molecule has 0 aliphatic carbocycles. The Morgan fingerprint density at radius 3 is 2.79 bits per heavy atom. The van der Waals surface area contributed by atoms with E-state index >= 15 is 0 Å². The molecule has 156 valence electrons. The number of nitrogens with one attached hydrogen (secondary N) is 1. The molecule has 1 aromatic rings. The SMILES string of the molecule is COc1ccc(/C=C2\SC(=O)N(CC(=O)NC[C@@H]3CCCO3)C2=O)c(OC)c1C. The summed E-state index contributed by atoms with van der Waals surface area (Å²) in [6.07, 6.45) is 3.47. The maximum atomic E-state index is 12.7. The maximum absolute atomic E-state index is 12.7. The highest BCUT2D eigenvalue weighted by molar-refractivity contribution is 8.18. The Morgan fingerprint density at radius 2 is 2.14 bits per heavy atom. The zero-order chi connectivity index (χ0) is 21.0. The fraction of sp³-hybridized carbons (Fsp3) is 0.450. The van der Waals surface area contributed by atoms with Gasteiger partial charge in [0.15, 0.2) is 0 Å². The van der Waals surface area contributed by atoms with Crippen LogP contribution in [0.3, 0.4) is 0 Å². The Bertz CT molecular complexity index is 848. The number of thioether (sulfide) groups is 1. The van der Waals surface area contributed by atoms with Crippen molar-refractivity contribution in [3.8, 4) is 11.5 Å². The van der Waals surface area contributed by atoms with Crippen molar-refractivity contribution in [1.82, 2.24) is 10.2 Å². The molecule has 9 heteroatoms. The van der Waals surface area contributed by atoms with Crippen LogP contribution in [0.1, 0.15) is 24.0 Å². The normalized spacial score (nSPS) is 20.4. The van der Waals surface area contributed by atoms with E-state index in [1.54, 1.807) is 25.3 Å². The van der Waals surface area contributed by atoms with Crippen LogP contribution < -0.4 is 14.8 Å². The molecule has 8 nitrogen and oxygen atoms in total. The zero-order valence-corrected chi connectivity index (χ0v) is 17.5. The smallest absolute Gasteiger partial charge is 0.294 e. The molecule has 2 saturated heterocycles. The molecule has 0 bridgehead atoms. The molecule has 3 rings (SSSR count). The van der Waals surface area contributed by atoms with Gasteiger partial charge in [-0.2, -0.15) is 0 Å². The lowest BCUT2D eigenvalue weighted by Crippen LogP contribution is -2.41. The van der Waals surface area contributed by atoms with Gasteiger partial charge in [-0.05, 0) is 49.7 Å². The summed E-state index contributed by atoms with van der Waals surface area (Å²) in [5, 5.41) is 2.25. The zero-order valence-electron chi connectivity index (χ0n) is 16.6. The van der Waals surface area contributed by atoms with Crippen LogP contribution in [0.4, 0.5) is 4.79 Å². The van der Waals surface area contributed by atoms with Crippen LogP contribution >= 0.6 is 11.8 Å². The van der Waals surface area contributed by atoms with Crippen LogP contribution in [-0.2, 0) is 14.3 Å². The molecule has 2 aliphatic heterocycles. The van der Waals surface area contributed by atoms with E-state index in [2.05, 4.69) is 5.32 Å². The third kappa shape index (κ3) is 4.73. The lowest BCUT2D eigenvalue weighted by atomic mass is 10.1. The minimum absolute atomic E-state index is 0.000426. The molecular formula is C20H24N2O6S. The van der Waals surface area contributed by atoms with Gasteiger partial charge in [0.1, 0.15) is 18.0 Å². The first-order chi connectivity index (χ1) is 13.9. The molecule has 2 heterocycles. The van der Waals surface area contributed by atoms with E-state index in [0.717, 1.165) is 35.1 Å². The molecule has 0 radical (unpaired) electrons. The number of benzene rings is 1. The largest absolute Gasteiger partial charge is 0.496 e. The molecule has 0 spiro atoms. The monoisotopic (exact) mass is 420 g/mol. The third-order valence-electron chi connectivity index (χ3n) is 4.82. The molecular weight excluding hydrogens is 396 g/mol. The standard InChI is InChI=1S/C20H24N2O6S/c1-12-15(26-2)7-6-13(18(12)27-3)9-16-19(24)22(20(25)29-16)11-17(23)21-10-14-5-4-8-28-14/h6-7,9,14H,4-5,8,10-11H2,1-3H3,(H,21,23)/b16-9-/t14-/m0/s1. The highest BCUT2D eigenvalue weighted by Crippen LogP contribution is 2.37. The molecule has 0 unspecified atom stereocenters. The van der Waals surface area contributed by atoms with Crippen LogP contribution in [0.15, 0.2) is 17.0 Å². The van der Waals surface area contributed by atoms with Gasteiger partial charge in [0.2, 0.25) is 5.91 Å². The summed E-state index contributed by atoms with van der Waals surface area (Å²) in [4.78, 5) is 38.3. The Labute approximate surface area is 173 Å². The van der Waals surface area contributed by atoms with Gasteiger partial charge in [-0.1, -0.05) is 0 Å². The van der Waals surface area contributed by atoms with Crippen molar-refractivity contribution in [2.45, 2.75) is 25.9 Å². The summed E-state index contributed by atoms with van der Waals surface area (Å²) in [5.41, 5.74) is 1.44. The second-order valence-corrected chi connectivity index (χ2v) is 7.72. The Kier molecular flexibility index (Phi) is 6.81. The van der Waals surface area contributed by atoms with Gasteiger partial charge < -0.3 is 19.5 Å². The van der Waals surface area contributed by atoms with Gasteiger partial charge in [-0.25, -0.2) is 0 Å². The van der Waals surface area contributed by atoms with E-state index in [9.17, 15) is 14.4 Å². The number of imide groups is 1. The predicted octanol–water partition coefficient (Wildman–Crippen LogP) is 2.34. The average molecular weight is 420 g/mol. The quantitative estimate of drug-likeness (QED) is 0.677. The van der Waals surface area contributed by atoms with Crippen LogP contribution in [0.5, 0.6) is 11.5 Å². The van der Waals surface area contributed by atoms with Gasteiger partial charge in [0.05, 0.1) is 25.2 Å². The summed E-state index contributed by atoms with van der Waals surface area (Å²) in [7, 11) is 3.10. The van der Waals surface area contributed by atoms with Crippen molar-refractivity contribution in [3.05, 3.63) is 28.2 Å². The van der Waals surface area contributed by atoms with Gasteiger partial charge in [0, 0.05) is 24.3 Å². The second-order valence-electron chi connectivity index (χ2n) is 6.72. The fourth-order valence-electron chi connectivity index (χ4n) is 3.31. The summed E-state index contributed by atoms with van der Waals surface area (Å²) >= 11 is 0.804. The first-order valence-corrected chi connectivity index (χ1v) is 10.1. The highest BCUT2D eigenvalue weighted by Gasteiger charge is 2.36. The average Bonchev–Trinajstić information content (AvgIpc) is 3.31. The molecule has 3 amide bonds. The second kappa shape index (κ2) is 9.32. The first-order valence-electron chi connectivity index (χ1n) is 9.29. The van der Waals surface area contributed by atoms with E-state index < -0.39 is 11.1 Å². The van der Waals surface area contributed by atoms with Gasteiger partial charge in [0.25, 0.3) is 11.1 Å². The van der Waals surface area contributed by atoms with Crippen molar-refractivity contribution in [2.24, 2.45) is 0 Å². The van der Waals surface area contributed by atoms with Crippen molar-refractivity contribution in [1.29, 1.82) is 0 Å². The topological polar surface area (TPSA) is 94.2 Å². The predicted molar refractivity (Wildman–Crippen MR) is 109 cm³/mol. The van der Waals surface area contributed by atoms with E-state index in [4.69, 9.17) is 14.2 Å². The minimum Gasteiger partial charge on any atom is -0.496 e. The molecule has 29 heavy (non-hydrogen) atoms. The number of hydrogen-bond acceptors (Lipinski definition) is 7. The molecule has 1 aromatic carbocycles. The highest BCUT2D eigenvalue weighted by atomic mass is 32.2. The Morgan fingerprint density at radius 1 is 1.34 bits per heavy atom. The Hall–Kier alpha value is -2.52. The molecule has 2 aliphatic rings. The van der Waals surface area contributed by atoms with Crippen LogP contribution in [0.2, 0.25) is 0 Å². The molecule has 2 fully saturated rings. The number of ether oxygens (including phenoxy) is 3. The summed E-state index contributed by atoms with van der Waals surface area (Å²) in [5.74, 6) is 0.338. The lowest BCUT2D eigenvalue weighted by molar-refractivity contribution is -0.129. The van der Waals surface area contributed by atoms with Gasteiger partial charge in [-0.15, -0.1) is 0 Å². The van der Waals surface area contributed by atoms with Gasteiger partial charge >= 0.3 is 0 Å². The van der Waals surface area contributed by atoms with Crippen molar-refractivity contribution in [3.63, 3.8) is 0 Å². The summed E-state index contributed by atoms with van der Waals surface area (Å²) < 4.78 is 16.2. The lowest BCUT2D eigenvalue weighted by Gasteiger charge is -2.14. The van der Waals surface area contributed by atoms with E-state index in [1.165, 1.54) is 7.11 Å². The van der Waals surface area contributed by atoms with E-state index in [-0.39, 0.29) is 23.5 Å². The van der Waals surface area contributed by atoms with Crippen molar-refractivity contribution < 1.29 is 28.6 Å². The molecule has 0 saturated carbocycles. The fourth-order valence-corrected chi connectivity index (χ4v) is 4.14. The van der Waals surface area contributed by atoms with Crippen LogP contribution in [-0.4, -0.2) is 62.0 Å². The summed E-state index contributed by atoms with van der Waals surface area (Å²) in [6.45, 7) is 2.61. The van der Waals surface area contributed by atoms with Crippen LogP contribution in [0, 0.1) is 6.92 Å². The number of carbonyl (C=O) groups is 3. The van der Waals surface area contributed by atoms with E-state index in [1.807, 2.05) is 6.92 Å². The van der Waals surface area contributed by atoms with Crippen molar-refractivity contribution in [2.75, 3.05) is 33.9 Å². The molecule has 0 aromatic heterocycles. The number of nitrogens with zero attached hydrogens (tertiary/aromatic N) is 1. The van der Waals surface area contributed by atoms with Crippen molar-refractivity contribution >= 4 is 34.9 Å². The maximum Gasteiger partial charge on any atom is 0.294 e. The molecule has 1 N–H and O–H groups in total. The molecule has 1 atom stereocenters. The minimum atomic E-state index is -0.497. The van der Waals surface area contributed by atoms with Crippen LogP contribution in [0.25, 0.3) is 6.08 Å². The number of hydrogen-bond donors (Lipinski definition) is 1. The third-order valence-corrected chi connectivity index (χ3v) is 5.73. The number of amides is 3. The number of carbonyl (C=O) groups excluding carboxylic acids is 3. The number of rotatable bonds is 7. The summed E-state index contributed by atoms with van der Waals surface area (Å²) in [6, 6.07) is 3.53. The number of methoxy groups -OCH3 is 2. The Balaban J connectivity index is 1.70. The van der Waals surface area contributed by atoms with Gasteiger partial charge in [-0.3, -0.25) is 19.3 Å². The first kappa shape index (κ1) is 21.2. The van der Waals surface area contributed by atoms with E-state index in [0.29, 0.717) is 30.2 Å².